The third-order valence-electron chi connectivity index (χ3n) is 2.30. The summed E-state index contributed by atoms with van der Waals surface area (Å²) in [6.45, 7) is 0. The predicted octanol–water partition coefficient (Wildman–Crippen LogP) is 3.04. The Balaban J connectivity index is 1.97. The fourth-order valence-electron chi connectivity index (χ4n) is 1.26. The molecule has 0 unspecified atom stereocenters. The molecule has 1 nitrogen and oxygen atoms in total. The van der Waals surface area contributed by atoms with E-state index in [4.69, 9.17) is 0 Å². The van der Waals surface area contributed by atoms with Crippen LogP contribution in [0, 0.1) is 17.6 Å². The number of hydrogen-bond acceptors (Lipinski definition) is 2. The van der Waals surface area contributed by atoms with Crippen molar-refractivity contribution in [2.24, 2.45) is 5.92 Å². The van der Waals surface area contributed by atoms with Crippen molar-refractivity contribution in [3.05, 3.63) is 29.8 Å². The van der Waals surface area contributed by atoms with E-state index in [1.54, 1.807) is 0 Å². The summed E-state index contributed by atoms with van der Waals surface area (Å²) in [5.74, 6) is -0.383. The van der Waals surface area contributed by atoms with E-state index in [1.807, 2.05) is 0 Å². The van der Waals surface area contributed by atoms with Crippen LogP contribution in [0.1, 0.15) is 12.8 Å². The molecule has 0 bridgehead atoms. The first-order valence-corrected chi connectivity index (χ1v) is 5.76. The molecule has 0 amide bonds. The van der Waals surface area contributed by atoms with Crippen LogP contribution in [0.3, 0.4) is 0 Å². The lowest BCUT2D eigenvalue weighted by atomic mass is 10.3. The maximum absolute atomic E-state index is 13.1. The van der Waals surface area contributed by atoms with Crippen molar-refractivity contribution in [3.63, 3.8) is 0 Å². The zero-order valence-electron chi connectivity index (χ0n) is 8.00. The van der Waals surface area contributed by atoms with E-state index in [9.17, 15) is 13.6 Å². The van der Waals surface area contributed by atoms with Gasteiger partial charge in [0.15, 0.2) is 0 Å². The van der Waals surface area contributed by atoms with Crippen LogP contribution in [0.25, 0.3) is 0 Å². The van der Waals surface area contributed by atoms with E-state index in [2.05, 4.69) is 0 Å². The number of Topliss-reactive ketones (excluding diaryl/α,β-unsaturated/α-hetero) is 1. The summed E-state index contributed by atoms with van der Waals surface area (Å²) in [5.41, 5.74) is 0. The van der Waals surface area contributed by atoms with Crippen molar-refractivity contribution >= 4 is 17.5 Å². The lowest BCUT2D eigenvalue weighted by Crippen LogP contribution is -2.03. The van der Waals surface area contributed by atoms with Crippen molar-refractivity contribution < 1.29 is 13.6 Å². The van der Waals surface area contributed by atoms with Gasteiger partial charge in [-0.05, 0) is 31.0 Å². The summed E-state index contributed by atoms with van der Waals surface area (Å²) in [6, 6.07) is 3.28. The van der Waals surface area contributed by atoms with E-state index >= 15 is 0 Å². The molecular formula is C11H10F2OS. The molecule has 1 aliphatic carbocycles. The Morgan fingerprint density at radius 1 is 1.40 bits per heavy atom. The summed E-state index contributed by atoms with van der Waals surface area (Å²) >= 11 is 1.07. The second-order valence-corrected chi connectivity index (χ2v) is 4.62. The molecule has 1 aromatic rings. The molecule has 0 aromatic heterocycles. The van der Waals surface area contributed by atoms with Gasteiger partial charge in [-0.3, -0.25) is 4.79 Å². The van der Waals surface area contributed by atoms with Gasteiger partial charge in [-0.1, -0.05) is 0 Å². The maximum atomic E-state index is 13.1. The Labute approximate surface area is 90.9 Å². The van der Waals surface area contributed by atoms with Gasteiger partial charge in [0.05, 0.1) is 5.75 Å². The third-order valence-corrected chi connectivity index (χ3v) is 3.35. The Kier molecular flexibility index (Phi) is 3.05. The first-order chi connectivity index (χ1) is 7.16. The predicted molar refractivity (Wildman–Crippen MR) is 54.8 cm³/mol. The zero-order valence-corrected chi connectivity index (χ0v) is 8.82. The van der Waals surface area contributed by atoms with E-state index in [1.165, 1.54) is 0 Å². The molecule has 0 radical (unpaired) electrons. The molecule has 0 spiro atoms. The molecule has 80 valence electrons. The summed E-state index contributed by atoms with van der Waals surface area (Å²) in [7, 11) is 0. The van der Waals surface area contributed by atoms with Gasteiger partial charge in [-0.2, -0.15) is 0 Å². The van der Waals surface area contributed by atoms with Crippen LogP contribution in [-0.4, -0.2) is 11.5 Å². The van der Waals surface area contributed by atoms with Gasteiger partial charge in [0, 0.05) is 10.8 Å². The molecule has 0 saturated heterocycles. The minimum atomic E-state index is -0.474. The molecule has 2 rings (SSSR count). The van der Waals surface area contributed by atoms with Crippen LogP contribution in [0.15, 0.2) is 23.1 Å². The van der Waals surface area contributed by atoms with Gasteiger partial charge < -0.3 is 0 Å². The fourth-order valence-corrected chi connectivity index (χ4v) is 2.20. The minimum Gasteiger partial charge on any atom is -0.298 e. The Morgan fingerprint density at radius 2 is 2.13 bits per heavy atom. The van der Waals surface area contributed by atoms with Crippen LogP contribution in [0.4, 0.5) is 8.78 Å². The molecule has 15 heavy (non-hydrogen) atoms. The Hall–Kier alpha value is -0.900. The van der Waals surface area contributed by atoms with Crippen LogP contribution in [0.2, 0.25) is 0 Å². The molecule has 0 N–H and O–H groups in total. The van der Waals surface area contributed by atoms with Crippen LogP contribution < -0.4 is 0 Å². The number of thioether (sulfide) groups is 1. The standard InChI is InChI=1S/C11H10F2OS/c12-8-3-4-9(13)11(5-8)15-6-10(14)7-1-2-7/h3-5,7H,1-2,6H2. The van der Waals surface area contributed by atoms with Crippen molar-refractivity contribution in [1.82, 2.24) is 0 Å². The number of carbonyl (C=O) groups is 1. The smallest absolute Gasteiger partial charge is 0.146 e. The van der Waals surface area contributed by atoms with Gasteiger partial charge in [0.1, 0.15) is 17.4 Å². The molecule has 0 heterocycles. The summed E-state index contributed by atoms with van der Waals surface area (Å²) in [4.78, 5) is 11.5. The van der Waals surface area contributed by atoms with Gasteiger partial charge >= 0.3 is 0 Å². The number of benzene rings is 1. The van der Waals surface area contributed by atoms with Crippen molar-refractivity contribution in [2.75, 3.05) is 5.75 Å². The number of ketones is 1. The van der Waals surface area contributed by atoms with E-state index in [-0.39, 0.29) is 22.3 Å². The quantitative estimate of drug-likeness (QED) is 0.737. The van der Waals surface area contributed by atoms with Gasteiger partial charge in [-0.25, -0.2) is 8.78 Å². The van der Waals surface area contributed by atoms with Crippen molar-refractivity contribution in [2.45, 2.75) is 17.7 Å². The normalized spacial score (nSPS) is 15.3. The Bertz CT molecular complexity index is 388. The highest BCUT2D eigenvalue weighted by molar-refractivity contribution is 8.00. The lowest BCUT2D eigenvalue weighted by molar-refractivity contribution is -0.117. The van der Waals surface area contributed by atoms with E-state index in [0.29, 0.717) is 0 Å². The average molecular weight is 228 g/mol. The number of carbonyl (C=O) groups excluding carboxylic acids is 1. The van der Waals surface area contributed by atoms with Gasteiger partial charge in [0.2, 0.25) is 0 Å². The second-order valence-electron chi connectivity index (χ2n) is 3.60. The average Bonchev–Trinajstić information content (AvgIpc) is 3.02. The summed E-state index contributed by atoms with van der Waals surface area (Å²) in [6.07, 6.45) is 1.90. The van der Waals surface area contributed by atoms with Gasteiger partial charge in [-0.15, -0.1) is 11.8 Å². The topological polar surface area (TPSA) is 17.1 Å². The number of rotatable bonds is 4. The molecule has 0 aliphatic heterocycles. The SMILES string of the molecule is O=C(CSc1cc(F)ccc1F)C1CC1. The largest absolute Gasteiger partial charge is 0.298 e. The maximum Gasteiger partial charge on any atom is 0.146 e. The fraction of sp³-hybridized carbons (Fsp3) is 0.364. The molecule has 1 fully saturated rings. The molecule has 0 atom stereocenters. The monoisotopic (exact) mass is 228 g/mol. The highest BCUT2D eigenvalue weighted by atomic mass is 32.2. The van der Waals surface area contributed by atoms with Crippen LogP contribution in [-0.2, 0) is 4.79 Å². The molecular weight excluding hydrogens is 218 g/mol. The first-order valence-electron chi connectivity index (χ1n) is 4.77. The lowest BCUT2D eigenvalue weighted by Gasteiger charge is -2.02. The number of hydrogen-bond donors (Lipinski definition) is 0. The van der Waals surface area contributed by atoms with Crippen LogP contribution >= 0.6 is 11.8 Å². The first kappa shape index (κ1) is 10.6. The second kappa shape index (κ2) is 4.31. The molecule has 1 aromatic carbocycles. The van der Waals surface area contributed by atoms with E-state index < -0.39 is 11.6 Å². The highest BCUT2D eigenvalue weighted by Gasteiger charge is 2.29. The molecule has 1 aliphatic rings. The third kappa shape index (κ3) is 2.78. The zero-order chi connectivity index (χ0) is 10.8. The van der Waals surface area contributed by atoms with E-state index in [0.717, 1.165) is 42.8 Å². The van der Waals surface area contributed by atoms with Crippen LogP contribution in [0.5, 0.6) is 0 Å². The molecule has 4 heteroatoms. The summed E-state index contributed by atoms with van der Waals surface area (Å²) < 4.78 is 25.9. The summed E-state index contributed by atoms with van der Waals surface area (Å²) in [5, 5.41) is 0. The van der Waals surface area contributed by atoms with Crippen molar-refractivity contribution in [1.29, 1.82) is 0 Å². The molecule has 1 saturated carbocycles. The van der Waals surface area contributed by atoms with Crippen molar-refractivity contribution in [3.8, 4) is 0 Å². The van der Waals surface area contributed by atoms with Gasteiger partial charge in [0.25, 0.3) is 0 Å². The Morgan fingerprint density at radius 3 is 2.80 bits per heavy atom. The highest BCUT2D eigenvalue weighted by Crippen LogP contribution is 2.32. The minimum absolute atomic E-state index is 0.142. The number of halogens is 2.